The second kappa shape index (κ2) is 4.64. The molecular weight excluding hydrogens is 331 g/mol. The number of nitro groups is 1. The fraction of sp³-hybridized carbons (Fsp3) is 0. The Kier molecular flexibility index (Phi) is 2.94. The van der Waals surface area contributed by atoms with Gasteiger partial charge in [-0.25, -0.2) is 13.9 Å². The van der Waals surface area contributed by atoms with Crippen LogP contribution < -0.4 is 0 Å². The molecule has 0 bridgehead atoms. The third kappa shape index (κ3) is 2.25. The smallest absolute Gasteiger partial charge is 0.258 e. The van der Waals surface area contributed by atoms with E-state index in [1.54, 1.807) is 6.07 Å². The standard InChI is InChI=1S/C12H6BrFN4O2/c13-8-3-7(4-9(14)5-8)12-15-11-2-1-10(18(19)20)6-17(11)16-12/h1-6H. The molecule has 0 saturated carbocycles. The Morgan fingerprint density at radius 3 is 2.80 bits per heavy atom. The van der Waals surface area contributed by atoms with Crippen molar-refractivity contribution in [2.75, 3.05) is 0 Å². The maximum absolute atomic E-state index is 13.4. The fourth-order valence-electron chi connectivity index (χ4n) is 1.79. The molecule has 0 aliphatic carbocycles. The van der Waals surface area contributed by atoms with Gasteiger partial charge in [0.1, 0.15) is 12.0 Å². The van der Waals surface area contributed by atoms with Crippen molar-refractivity contribution in [2.45, 2.75) is 0 Å². The minimum Gasteiger partial charge on any atom is -0.258 e. The first-order valence-corrected chi connectivity index (χ1v) is 6.29. The molecule has 0 aliphatic rings. The average molecular weight is 337 g/mol. The summed E-state index contributed by atoms with van der Waals surface area (Å²) in [7, 11) is 0. The Labute approximate surface area is 120 Å². The molecule has 2 aromatic heterocycles. The van der Waals surface area contributed by atoms with Gasteiger partial charge in [-0.15, -0.1) is 5.10 Å². The van der Waals surface area contributed by atoms with Crippen molar-refractivity contribution in [1.29, 1.82) is 0 Å². The molecule has 0 spiro atoms. The Balaban J connectivity index is 2.15. The molecule has 3 aromatic rings. The largest absolute Gasteiger partial charge is 0.287 e. The second-order valence-corrected chi connectivity index (χ2v) is 4.96. The van der Waals surface area contributed by atoms with Gasteiger partial charge in [-0.2, -0.15) is 0 Å². The van der Waals surface area contributed by atoms with Crippen LogP contribution in [0.4, 0.5) is 10.1 Å². The Morgan fingerprint density at radius 2 is 2.10 bits per heavy atom. The van der Waals surface area contributed by atoms with Crippen LogP contribution in [0, 0.1) is 15.9 Å². The first kappa shape index (κ1) is 12.7. The van der Waals surface area contributed by atoms with Gasteiger partial charge in [-0.05, 0) is 24.3 Å². The lowest BCUT2D eigenvalue weighted by Gasteiger charge is -1.96. The monoisotopic (exact) mass is 336 g/mol. The van der Waals surface area contributed by atoms with Gasteiger partial charge in [0.15, 0.2) is 11.5 Å². The van der Waals surface area contributed by atoms with Gasteiger partial charge in [0, 0.05) is 16.1 Å². The molecule has 1 aromatic carbocycles. The van der Waals surface area contributed by atoms with Gasteiger partial charge in [0.05, 0.1) is 4.92 Å². The van der Waals surface area contributed by atoms with Gasteiger partial charge in [-0.1, -0.05) is 15.9 Å². The lowest BCUT2D eigenvalue weighted by Crippen LogP contribution is -1.93. The van der Waals surface area contributed by atoms with Crippen LogP contribution in [-0.4, -0.2) is 19.5 Å². The van der Waals surface area contributed by atoms with Crippen LogP contribution in [0.15, 0.2) is 41.0 Å². The lowest BCUT2D eigenvalue weighted by atomic mass is 10.2. The van der Waals surface area contributed by atoms with Gasteiger partial charge in [0.2, 0.25) is 0 Å². The number of fused-ring (bicyclic) bond motifs is 1. The quantitative estimate of drug-likeness (QED) is 0.532. The Morgan fingerprint density at radius 1 is 1.30 bits per heavy atom. The number of aromatic nitrogens is 3. The van der Waals surface area contributed by atoms with Crippen LogP contribution in [0.2, 0.25) is 0 Å². The predicted octanol–water partition coefficient (Wildman–Crippen LogP) is 3.21. The van der Waals surface area contributed by atoms with Crippen LogP contribution in [0.1, 0.15) is 0 Å². The second-order valence-electron chi connectivity index (χ2n) is 4.04. The highest BCUT2D eigenvalue weighted by Crippen LogP contribution is 2.23. The summed E-state index contributed by atoms with van der Waals surface area (Å²) >= 11 is 3.19. The number of benzene rings is 1. The number of nitrogens with zero attached hydrogens (tertiary/aromatic N) is 4. The molecule has 6 nitrogen and oxygen atoms in total. The lowest BCUT2D eigenvalue weighted by molar-refractivity contribution is -0.385. The highest BCUT2D eigenvalue weighted by molar-refractivity contribution is 9.10. The molecule has 0 atom stereocenters. The molecule has 0 saturated heterocycles. The summed E-state index contributed by atoms with van der Waals surface area (Å²) in [5.41, 5.74) is 0.851. The number of halogens is 2. The summed E-state index contributed by atoms with van der Waals surface area (Å²) in [4.78, 5) is 14.4. The molecule has 8 heteroatoms. The normalized spacial score (nSPS) is 10.9. The van der Waals surface area contributed by atoms with Gasteiger partial charge in [0.25, 0.3) is 5.69 Å². The van der Waals surface area contributed by atoms with E-state index in [0.29, 0.717) is 21.5 Å². The number of pyridine rings is 1. The van der Waals surface area contributed by atoms with Crippen molar-refractivity contribution in [3.05, 3.63) is 56.9 Å². The minimum absolute atomic E-state index is 0.0885. The molecule has 3 rings (SSSR count). The molecule has 0 amide bonds. The van der Waals surface area contributed by atoms with Crippen LogP contribution in [0.25, 0.3) is 17.0 Å². The third-order valence-electron chi connectivity index (χ3n) is 2.65. The number of rotatable bonds is 2. The SMILES string of the molecule is O=[N+]([O-])c1ccc2nc(-c3cc(F)cc(Br)c3)nn2c1. The first-order chi connectivity index (χ1) is 9.52. The average Bonchev–Trinajstić information content (AvgIpc) is 2.80. The fourth-order valence-corrected chi connectivity index (χ4v) is 2.25. The van der Waals surface area contributed by atoms with E-state index in [-0.39, 0.29) is 5.69 Å². The molecule has 20 heavy (non-hydrogen) atoms. The zero-order valence-corrected chi connectivity index (χ0v) is 11.4. The molecule has 0 fully saturated rings. The van der Waals surface area contributed by atoms with Crippen molar-refractivity contribution < 1.29 is 9.31 Å². The van der Waals surface area contributed by atoms with E-state index in [0.717, 1.165) is 0 Å². The number of hydrogen-bond donors (Lipinski definition) is 0. The van der Waals surface area contributed by atoms with Crippen LogP contribution in [-0.2, 0) is 0 Å². The zero-order chi connectivity index (χ0) is 14.3. The van der Waals surface area contributed by atoms with E-state index >= 15 is 0 Å². The van der Waals surface area contributed by atoms with E-state index in [1.165, 1.54) is 35.0 Å². The van der Waals surface area contributed by atoms with E-state index in [9.17, 15) is 14.5 Å². The highest BCUT2D eigenvalue weighted by Gasteiger charge is 2.12. The molecule has 100 valence electrons. The summed E-state index contributed by atoms with van der Waals surface area (Å²) in [5, 5.41) is 14.8. The summed E-state index contributed by atoms with van der Waals surface area (Å²) in [6.07, 6.45) is 1.26. The minimum atomic E-state index is -0.514. The van der Waals surface area contributed by atoms with Crippen molar-refractivity contribution in [1.82, 2.24) is 14.6 Å². The van der Waals surface area contributed by atoms with Gasteiger partial charge >= 0.3 is 0 Å². The van der Waals surface area contributed by atoms with E-state index < -0.39 is 10.7 Å². The van der Waals surface area contributed by atoms with Crippen LogP contribution >= 0.6 is 15.9 Å². The molecule has 0 aliphatic heterocycles. The van der Waals surface area contributed by atoms with Gasteiger partial charge < -0.3 is 0 Å². The Hall–Kier alpha value is -2.35. The Bertz CT molecular complexity index is 813. The van der Waals surface area contributed by atoms with E-state index in [1.807, 2.05) is 0 Å². The van der Waals surface area contributed by atoms with Crippen molar-refractivity contribution >= 4 is 27.3 Å². The van der Waals surface area contributed by atoms with Crippen LogP contribution in [0.3, 0.4) is 0 Å². The maximum Gasteiger partial charge on any atom is 0.287 e. The molecule has 0 N–H and O–H groups in total. The van der Waals surface area contributed by atoms with Crippen LogP contribution in [0.5, 0.6) is 0 Å². The van der Waals surface area contributed by atoms with Gasteiger partial charge in [-0.3, -0.25) is 10.1 Å². The summed E-state index contributed by atoms with van der Waals surface area (Å²) in [5.74, 6) is -0.120. The van der Waals surface area contributed by atoms with E-state index in [2.05, 4.69) is 26.0 Å². The summed E-state index contributed by atoms with van der Waals surface area (Å²) < 4.78 is 15.2. The van der Waals surface area contributed by atoms with Crippen molar-refractivity contribution in [3.63, 3.8) is 0 Å². The first-order valence-electron chi connectivity index (χ1n) is 5.50. The molecular formula is C12H6BrFN4O2. The summed E-state index contributed by atoms with van der Waals surface area (Å²) in [6, 6.07) is 7.13. The highest BCUT2D eigenvalue weighted by atomic mass is 79.9. The maximum atomic E-state index is 13.4. The third-order valence-corrected chi connectivity index (χ3v) is 3.10. The molecule has 0 unspecified atom stereocenters. The number of hydrogen-bond acceptors (Lipinski definition) is 4. The molecule has 2 heterocycles. The topological polar surface area (TPSA) is 73.3 Å². The van der Waals surface area contributed by atoms with Crippen molar-refractivity contribution in [2.24, 2.45) is 0 Å². The zero-order valence-electron chi connectivity index (χ0n) is 9.83. The summed E-state index contributed by atoms with van der Waals surface area (Å²) in [6.45, 7) is 0. The van der Waals surface area contributed by atoms with Crippen molar-refractivity contribution in [3.8, 4) is 11.4 Å². The van der Waals surface area contributed by atoms with E-state index in [4.69, 9.17) is 0 Å². The molecule has 0 radical (unpaired) electrons. The predicted molar refractivity (Wildman–Crippen MR) is 72.7 cm³/mol.